The molecule has 3 N–H and O–H groups in total. The number of hydrogen-bond donors (Lipinski definition) is 2. The van der Waals surface area contributed by atoms with Gasteiger partial charge >= 0.3 is 6.36 Å². The molecule has 0 amide bonds. The summed E-state index contributed by atoms with van der Waals surface area (Å²) < 4.78 is 77.9. The standard InChI is InChI=1S/C19H20F4N2O3S/c1-18(2)14(17(18)11-3-6-13(7-4-11)29(24,26)27)10-25-15-9-12(20)5-8-16(15)28-19(21,22)23/h3-9,14,17,25H,10H2,1-2H3,(H2,24,26,27)/t14-,17-/m0/s1. The van der Waals surface area contributed by atoms with Crippen molar-refractivity contribution in [3.05, 3.63) is 53.8 Å². The number of ether oxygens (including phenoxy) is 1. The second kappa shape index (κ2) is 7.17. The molecule has 29 heavy (non-hydrogen) atoms. The molecule has 0 bridgehead atoms. The van der Waals surface area contributed by atoms with Gasteiger partial charge in [-0.1, -0.05) is 26.0 Å². The number of benzene rings is 2. The Morgan fingerprint density at radius 2 is 1.76 bits per heavy atom. The maximum absolute atomic E-state index is 13.5. The molecular formula is C19H20F4N2O3S. The van der Waals surface area contributed by atoms with E-state index in [9.17, 15) is 26.0 Å². The predicted octanol–water partition coefficient (Wildman–Crippen LogP) is 4.22. The Hall–Kier alpha value is -2.33. The highest BCUT2D eigenvalue weighted by Gasteiger charge is 2.57. The predicted molar refractivity (Wildman–Crippen MR) is 99.4 cm³/mol. The third-order valence-corrected chi connectivity index (χ3v) is 6.23. The van der Waals surface area contributed by atoms with Crippen LogP contribution in [0.15, 0.2) is 47.4 Å². The van der Waals surface area contributed by atoms with Crippen LogP contribution in [0.25, 0.3) is 0 Å². The Labute approximate surface area is 165 Å². The molecule has 158 valence electrons. The van der Waals surface area contributed by atoms with Gasteiger partial charge in [0.15, 0.2) is 5.75 Å². The van der Waals surface area contributed by atoms with E-state index in [1.54, 1.807) is 12.1 Å². The molecule has 0 heterocycles. The Kier molecular flexibility index (Phi) is 5.29. The molecule has 2 aromatic rings. The number of sulfonamides is 1. The minimum Gasteiger partial charge on any atom is -0.404 e. The molecule has 0 saturated heterocycles. The van der Waals surface area contributed by atoms with Crippen LogP contribution in [0.3, 0.4) is 0 Å². The third kappa shape index (κ3) is 4.81. The van der Waals surface area contributed by atoms with Crippen molar-refractivity contribution in [2.75, 3.05) is 11.9 Å². The summed E-state index contributed by atoms with van der Waals surface area (Å²) in [6.45, 7) is 4.28. The Balaban J connectivity index is 1.74. The van der Waals surface area contributed by atoms with Crippen LogP contribution in [-0.4, -0.2) is 21.3 Å². The molecule has 1 aliphatic carbocycles. The van der Waals surface area contributed by atoms with Gasteiger partial charge in [0, 0.05) is 12.6 Å². The molecule has 3 rings (SSSR count). The van der Waals surface area contributed by atoms with Gasteiger partial charge in [0.05, 0.1) is 10.6 Å². The van der Waals surface area contributed by atoms with E-state index in [4.69, 9.17) is 5.14 Å². The number of halogens is 4. The minimum absolute atomic E-state index is 0.00285. The van der Waals surface area contributed by atoms with Crippen molar-refractivity contribution < 1.29 is 30.7 Å². The zero-order valence-corrected chi connectivity index (χ0v) is 16.4. The Morgan fingerprint density at radius 3 is 2.31 bits per heavy atom. The average molecular weight is 432 g/mol. The molecule has 2 aromatic carbocycles. The van der Waals surface area contributed by atoms with Crippen molar-refractivity contribution in [2.45, 2.75) is 31.0 Å². The summed E-state index contributed by atoms with van der Waals surface area (Å²) >= 11 is 0. The van der Waals surface area contributed by atoms with Crippen molar-refractivity contribution in [2.24, 2.45) is 16.5 Å². The van der Waals surface area contributed by atoms with Gasteiger partial charge in [-0.3, -0.25) is 0 Å². The first-order valence-electron chi connectivity index (χ1n) is 8.71. The van der Waals surface area contributed by atoms with Crippen LogP contribution in [0.1, 0.15) is 25.3 Å². The summed E-state index contributed by atoms with van der Waals surface area (Å²) in [4.78, 5) is 0.00285. The van der Waals surface area contributed by atoms with Crippen LogP contribution in [0.4, 0.5) is 23.2 Å². The zero-order valence-electron chi connectivity index (χ0n) is 15.6. The summed E-state index contributed by atoms with van der Waals surface area (Å²) in [5, 5.41) is 7.95. The fourth-order valence-electron chi connectivity index (χ4n) is 3.73. The normalized spacial score (nSPS) is 20.9. The number of alkyl halides is 3. The Morgan fingerprint density at radius 1 is 1.14 bits per heavy atom. The lowest BCUT2D eigenvalue weighted by atomic mass is 10.0. The molecule has 0 spiro atoms. The molecule has 1 aliphatic rings. The first-order chi connectivity index (χ1) is 13.3. The van der Waals surface area contributed by atoms with Crippen LogP contribution in [-0.2, 0) is 10.0 Å². The number of nitrogens with two attached hydrogens (primary N) is 1. The second-order valence-corrected chi connectivity index (χ2v) is 9.15. The molecule has 10 heteroatoms. The zero-order chi connectivity index (χ0) is 21.6. The van der Waals surface area contributed by atoms with Crippen molar-refractivity contribution in [1.29, 1.82) is 0 Å². The first kappa shape index (κ1) is 21.4. The molecular weight excluding hydrogens is 412 g/mol. The molecule has 0 radical (unpaired) electrons. The average Bonchev–Trinajstić information content (AvgIpc) is 3.14. The number of anilines is 1. The summed E-state index contributed by atoms with van der Waals surface area (Å²) in [7, 11) is -3.79. The minimum atomic E-state index is -4.89. The van der Waals surface area contributed by atoms with Gasteiger partial charge in [0.25, 0.3) is 0 Å². The third-order valence-electron chi connectivity index (χ3n) is 5.30. The maximum atomic E-state index is 13.5. The van der Waals surface area contributed by atoms with Crippen LogP contribution in [0.2, 0.25) is 0 Å². The summed E-state index contributed by atoms with van der Waals surface area (Å²) in [5.41, 5.74) is 0.614. The molecule has 1 saturated carbocycles. The lowest BCUT2D eigenvalue weighted by molar-refractivity contribution is -0.274. The molecule has 0 aliphatic heterocycles. The highest BCUT2D eigenvalue weighted by molar-refractivity contribution is 7.89. The lowest BCUT2D eigenvalue weighted by Crippen LogP contribution is -2.19. The van der Waals surface area contributed by atoms with Crippen molar-refractivity contribution in [3.8, 4) is 5.75 Å². The topological polar surface area (TPSA) is 81.4 Å². The van der Waals surface area contributed by atoms with Gasteiger partial charge < -0.3 is 10.1 Å². The monoisotopic (exact) mass is 432 g/mol. The van der Waals surface area contributed by atoms with E-state index in [1.165, 1.54) is 12.1 Å². The van der Waals surface area contributed by atoms with Crippen LogP contribution < -0.4 is 15.2 Å². The Bertz CT molecular complexity index is 1010. The van der Waals surface area contributed by atoms with E-state index in [1.807, 2.05) is 13.8 Å². The van der Waals surface area contributed by atoms with E-state index in [2.05, 4.69) is 10.1 Å². The quantitative estimate of drug-likeness (QED) is 0.670. The largest absolute Gasteiger partial charge is 0.573 e. The second-order valence-electron chi connectivity index (χ2n) is 7.59. The fourth-order valence-corrected chi connectivity index (χ4v) is 4.24. The molecule has 1 fully saturated rings. The molecule has 0 aromatic heterocycles. The van der Waals surface area contributed by atoms with Gasteiger partial charge in [0.1, 0.15) is 5.82 Å². The van der Waals surface area contributed by atoms with Crippen molar-refractivity contribution in [1.82, 2.24) is 0 Å². The highest BCUT2D eigenvalue weighted by Crippen LogP contribution is 2.64. The lowest BCUT2D eigenvalue weighted by Gasteiger charge is -2.15. The van der Waals surface area contributed by atoms with Crippen LogP contribution in [0.5, 0.6) is 5.75 Å². The van der Waals surface area contributed by atoms with Gasteiger partial charge in [-0.15, -0.1) is 13.2 Å². The summed E-state index contributed by atoms with van der Waals surface area (Å²) in [6, 6.07) is 8.96. The smallest absolute Gasteiger partial charge is 0.404 e. The molecule has 5 nitrogen and oxygen atoms in total. The first-order valence-corrected chi connectivity index (χ1v) is 10.3. The van der Waals surface area contributed by atoms with Gasteiger partial charge in [-0.25, -0.2) is 17.9 Å². The molecule has 2 atom stereocenters. The van der Waals surface area contributed by atoms with E-state index in [0.29, 0.717) is 0 Å². The van der Waals surface area contributed by atoms with Gasteiger partial charge in [-0.05, 0) is 47.1 Å². The van der Waals surface area contributed by atoms with E-state index >= 15 is 0 Å². The fraction of sp³-hybridized carbons (Fsp3) is 0.368. The SMILES string of the molecule is CC1(C)[C@@H](CNc2cc(F)ccc2OC(F)(F)F)[C@@H]1c1ccc(S(N)(=O)=O)cc1. The van der Waals surface area contributed by atoms with Crippen LogP contribution in [0, 0.1) is 17.2 Å². The van der Waals surface area contributed by atoms with E-state index < -0.39 is 28.0 Å². The van der Waals surface area contributed by atoms with Crippen molar-refractivity contribution in [3.63, 3.8) is 0 Å². The van der Waals surface area contributed by atoms with Gasteiger partial charge in [-0.2, -0.15) is 0 Å². The van der Waals surface area contributed by atoms with E-state index in [0.717, 1.165) is 23.8 Å². The summed E-state index contributed by atoms with van der Waals surface area (Å²) in [6.07, 6.45) is -4.89. The number of hydrogen-bond acceptors (Lipinski definition) is 4. The molecule has 0 unspecified atom stereocenters. The highest BCUT2D eigenvalue weighted by atomic mass is 32.2. The summed E-state index contributed by atoms with van der Waals surface area (Å²) in [5.74, 6) is -1.12. The number of rotatable bonds is 6. The van der Waals surface area contributed by atoms with E-state index in [-0.39, 0.29) is 34.4 Å². The van der Waals surface area contributed by atoms with Crippen molar-refractivity contribution >= 4 is 15.7 Å². The maximum Gasteiger partial charge on any atom is 0.573 e. The van der Waals surface area contributed by atoms with Gasteiger partial charge in [0.2, 0.25) is 10.0 Å². The number of primary sulfonamides is 1. The van der Waals surface area contributed by atoms with Crippen LogP contribution >= 0.6 is 0 Å². The number of nitrogens with one attached hydrogen (secondary N) is 1.